The van der Waals surface area contributed by atoms with Crippen molar-refractivity contribution in [3.8, 4) is 17.2 Å². The number of thiocarbonyl (C=S) groups is 1. The summed E-state index contributed by atoms with van der Waals surface area (Å²) >= 11 is 4.80. The van der Waals surface area contributed by atoms with Gasteiger partial charge < -0.3 is 14.2 Å². The molecule has 0 aliphatic carbocycles. The van der Waals surface area contributed by atoms with Crippen LogP contribution in [0.4, 0.5) is 0 Å². The number of aryl methyl sites for hydroxylation is 1. The highest BCUT2D eigenvalue weighted by Crippen LogP contribution is 2.29. The highest BCUT2D eigenvalue weighted by Gasteiger charge is 2.25. The number of carbonyl (C=O) groups excluding carboxylic acids is 2. The van der Waals surface area contributed by atoms with Crippen molar-refractivity contribution < 1.29 is 23.8 Å². The predicted molar refractivity (Wildman–Crippen MR) is 117 cm³/mol. The van der Waals surface area contributed by atoms with Gasteiger partial charge in [0.2, 0.25) is 0 Å². The normalized spacial score (nSPS) is 13.4. The highest BCUT2D eigenvalue weighted by molar-refractivity contribution is 7.80. The number of amides is 2. The monoisotopic (exact) mass is 426 g/mol. The molecule has 0 radical (unpaired) electrons. The Morgan fingerprint density at radius 2 is 1.57 bits per heavy atom. The Kier molecular flexibility index (Phi) is 7.03. The zero-order chi connectivity index (χ0) is 21.5. The summed E-state index contributed by atoms with van der Waals surface area (Å²) in [5.74, 6) is 0.781. The molecular formula is C22H22N2O5S. The quantitative estimate of drug-likeness (QED) is 0.292. The Bertz CT molecular complexity index is 981. The van der Waals surface area contributed by atoms with Gasteiger partial charge in [-0.1, -0.05) is 24.3 Å². The Morgan fingerprint density at radius 1 is 0.900 bits per heavy atom. The molecule has 0 atom stereocenters. The fraction of sp³-hybridized carbons (Fsp3) is 0.227. The summed E-state index contributed by atoms with van der Waals surface area (Å²) < 4.78 is 17.2. The lowest BCUT2D eigenvalue weighted by atomic mass is 10.1. The van der Waals surface area contributed by atoms with E-state index in [1.165, 1.54) is 6.08 Å². The van der Waals surface area contributed by atoms with Gasteiger partial charge in [0.15, 0.2) is 16.6 Å². The van der Waals surface area contributed by atoms with E-state index in [1.54, 1.807) is 18.2 Å². The minimum atomic E-state index is -0.546. The van der Waals surface area contributed by atoms with Crippen LogP contribution in [0, 0.1) is 6.92 Å². The van der Waals surface area contributed by atoms with Crippen LogP contribution >= 0.6 is 12.2 Å². The maximum Gasteiger partial charge on any atom is 0.263 e. The third kappa shape index (κ3) is 5.36. The Morgan fingerprint density at radius 3 is 2.23 bits per heavy atom. The molecule has 0 saturated carbocycles. The topological polar surface area (TPSA) is 85.9 Å². The zero-order valence-electron chi connectivity index (χ0n) is 16.7. The van der Waals surface area contributed by atoms with Gasteiger partial charge >= 0.3 is 0 Å². The van der Waals surface area contributed by atoms with Crippen LogP contribution in [0.5, 0.6) is 17.2 Å². The van der Waals surface area contributed by atoms with Crippen LogP contribution in [0.1, 0.15) is 18.1 Å². The first-order chi connectivity index (χ1) is 14.5. The van der Waals surface area contributed by atoms with Crippen LogP contribution in [-0.2, 0) is 9.59 Å². The Hall–Kier alpha value is -3.39. The minimum absolute atomic E-state index is 0.00572. The van der Waals surface area contributed by atoms with Crippen molar-refractivity contribution in [3.63, 3.8) is 0 Å². The number of hydrogen-bond acceptors (Lipinski definition) is 6. The number of benzene rings is 2. The van der Waals surface area contributed by atoms with Crippen molar-refractivity contribution in [1.29, 1.82) is 0 Å². The van der Waals surface area contributed by atoms with E-state index in [9.17, 15) is 9.59 Å². The molecule has 2 N–H and O–H groups in total. The van der Waals surface area contributed by atoms with Crippen LogP contribution in [0.25, 0.3) is 6.08 Å². The van der Waals surface area contributed by atoms with Crippen molar-refractivity contribution in [3.05, 3.63) is 59.2 Å². The lowest BCUT2D eigenvalue weighted by molar-refractivity contribution is -0.123. The molecule has 1 aliphatic rings. The summed E-state index contributed by atoms with van der Waals surface area (Å²) in [6.07, 6.45) is 1.47. The standard InChI is InChI=1S/C22H22N2O5S/c1-3-27-19-13-15(12-16-20(25)23-22(30)24-21(16)26)8-9-18(19)29-11-10-28-17-7-5-4-6-14(17)2/h4-9,12-13H,3,10-11H2,1-2H3,(H2,23,24,25,26,30). The van der Waals surface area contributed by atoms with Crippen LogP contribution in [0.2, 0.25) is 0 Å². The molecule has 2 aromatic rings. The fourth-order valence-corrected chi connectivity index (χ4v) is 2.98. The van der Waals surface area contributed by atoms with E-state index in [2.05, 4.69) is 10.6 Å². The summed E-state index contributed by atoms with van der Waals surface area (Å²) in [6, 6.07) is 12.9. The molecular weight excluding hydrogens is 404 g/mol. The van der Waals surface area contributed by atoms with Gasteiger partial charge in [-0.25, -0.2) is 0 Å². The predicted octanol–water partition coefficient (Wildman–Crippen LogP) is 2.77. The maximum absolute atomic E-state index is 12.0. The number of hydrogen-bond donors (Lipinski definition) is 2. The molecule has 0 spiro atoms. The average Bonchev–Trinajstić information content (AvgIpc) is 2.70. The molecule has 30 heavy (non-hydrogen) atoms. The third-order valence-electron chi connectivity index (χ3n) is 4.21. The number of carbonyl (C=O) groups is 2. The first kappa shape index (κ1) is 21.3. The number of rotatable bonds is 8. The van der Waals surface area contributed by atoms with E-state index in [4.69, 9.17) is 26.4 Å². The van der Waals surface area contributed by atoms with Gasteiger partial charge in [-0.05, 0) is 61.5 Å². The van der Waals surface area contributed by atoms with Gasteiger partial charge in [-0.2, -0.15) is 0 Å². The summed E-state index contributed by atoms with van der Waals surface area (Å²) in [5, 5.41) is 4.80. The van der Waals surface area contributed by atoms with Crippen molar-refractivity contribution in [1.82, 2.24) is 10.6 Å². The fourth-order valence-electron chi connectivity index (χ4n) is 2.80. The van der Waals surface area contributed by atoms with Crippen LogP contribution in [0.3, 0.4) is 0 Å². The second-order valence-electron chi connectivity index (χ2n) is 6.40. The summed E-state index contributed by atoms with van der Waals surface area (Å²) in [7, 11) is 0. The van der Waals surface area contributed by atoms with E-state index in [-0.39, 0.29) is 10.7 Å². The first-order valence-corrected chi connectivity index (χ1v) is 9.85. The summed E-state index contributed by atoms with van der Waals surface area (Å²) in [5.41, 5.74) is 1.64. The molecule has 8 heteroatoms. The van der Waals surface area contributed by atoms with E-state index >= 15 is 0 Å². The summed E-state index contributed by atoms with van der Waals surface area (Å²) in [4.78, 5) is 24.0. The van der Waals surface area contributed by atoms with Gasteiger partial charge in [0, 0.05) is 0 Å². The number of nitrogens with one attached hydrogen (secondary N) is 2. The molecule has 156 valence electrons. The minimum Gasteiger partial charge on any atom is -0.490 e. The molecule has 0 unspecified atom stereocenters. The molecule has 2 amide bonds. The SMILES string of the molecule is CCOc1cc(C=C2C(=O)NC(=S)NC2=O)ccc1OCCOc1ccccc1C. The zero-order valence-corrected chi connectivity index (χ0v) is 17.5. The molecule has 7 nitrogen and oxygen atoms in total. The molecule has 2 aromatic carbocycles. The molecule has 3 rings (SSSR count). The van der Waals surface area contributed by atoms with Gasteiger partial charge in [0.1, 0.15) is 24.5 Å². The van der Waals surface area contributed by atoms with Crippen molar-refractivity contribution >= 4 is 35.2 Å². The van der Waals surface area contributed by atoms with Crippen molar-refractivity contribution in [2.45, 2.75) is 13.8 Å². The number of ether oxygens (including phenoxy) is 3. The molecule has 0 aromatic heterocycles. The Balaban J connectivity index is 1.68. The third-order valence-corrected chi connectivity index (χ3v) is 4.42. The van der Waals surface area contributed by atoms with Crippen molar-refractivity contribution in [2.75, 3.05) is 19.8 Å². The Labute approximate surface area is 180 Å². The van der Waals surface area contributed by atoms with E-state index in [1.807, 2.05) is 38.1 Å². The van der Waals surface area contributed by atoms with Gasteiger partial charge in [0.05, 0.1) is 6.61 Å². The second-order valence-corrected chi connectivity index (χ2v) is 6.81. The smallest absolute Gasteiger partial charge is 0.263 e. The highest BCUT2D eigenvalue weighted by atomic mass is 32.1. The van der Waals surface area contributed by atoms with Crippen LogP contribution in [0.15, 0.2) is 48.0 Å². The van der Waals surface area contributed by atoms with Gasteiger partial charge in [0.25, 0.3) is 11.8 Å². The molecule has 1 heterocycles. The van der Waals surface area contributed by atoms with Crippen LogP contribution < -0.4 is 24.8 Å². The average molecular weight is 426 g/mol. The summed E-state index contributed by atoms with van der Waals surface area (Å²) in [6.45, 7) is 4.99. The lowest BCUT2D eigenvalue weighted by Gasteiger charge is -2.17. The largest absolute Gasteiger partial charge is 0.490 e. The number of para-hydroxylation sites is 1. The van der Waals surface area contributed by atoms with E-state index < -0.39 is 11.8 Å². The van der Waals surface area contributed by atoms with Crippen LogP contribution in [-0.4, -0.2) is 36.7 Å². The molecule has 1 fully saturated rings. The molecule has 0 bridgehead atoms. The van der Waals surface area contributed by atoms with Crippen molar-refractivity contribution in [2.24, 2.45) is 0 Å². The molecule has 1 aliphatic heterocycles. The first-order valence-electron chi connectivity index (χ1n) is 9.44. The lowest BCUT2D eigenvalue weighted by Crippen LogP contribution is -2.51. The van der Waals surface area contributed by atoms with Gasteiger partial charge in [-0.15, -0.1) is 0 Å². The van der Waals surface area contributed by atoms with E-state index in [0.29, 0.717) is 36.9 Å². The molecule has 1 saturated heterocycles. The van der Waals surface area contributed by atoms with E-state index in [0.717, 1.165) is 11.3 Å². The second kappa shape index (κ2) is 9.89. The van der Waals surface area contributed by atoms with Gasteiger partial charge in [-0.3, -0.25) is 20.2 Å². The maximum atomic E-state index is 12.0.